The van der Waals surface area contributed by atoms with Gasteiger partial charge in [0, 0.05) is 25.3 Å². The number of nitrogens with one attached hydrogen (secondary N) is 1. The Kier molecular flexibility index (Phi) is 3.69. The highest BCUT2D eigenvalue weighted by molar-refractivity contribution is 7.71. The molecule has 1 aromatic rings. The third-order valence-electron chi connectivity index (χ3n) is 4.37. The molecule has 3 rings (SSSR count). The van der Waals surface area contributed by atoms with Gasteiger partial charge in [-0.1, -0.05) is 13.8 Å². The van der Waals surface area contributed by atoms with Crippen LogP contribution in [0.1, 0.15) is 56.1 Å². The Labute approximate surface area is 130 Å². The van der Waals surface area contributed by atoms with Crippen molar-refractivity contribution in [1.29, 1.82) is 0 Å². The Balaban J connectivity index is 1.86. The number of imidazole rings is 1. The van der Waals surface area contributed by atoms with Gasteiger partial charge in [0.25, 0.3) is 5.91 Å². The maximum absolute atomic E-state index is 12.9. The molecule has 1 aliphatic carbocycles. The fraction of sp³-hybridized carbons (Fsp3) is 0.733. The number of aliphatic hydroxyl groups excluding tert-OH is 1. The van der Waals surface area contributed by atoms with Crippen molar-refractivity contribution in [3.63, 3.8) is 0 Å². The molecule has 1 atom stereocenters. The Morgan fingerprint density at radius 2 is 2.14 bits per heavy atom. The van der Waals surface area contributed by atoms with Crippen LogP contribution in [0.4, 0.5) is 0 Å². The van der Waals surface area contributed by atoms with E-state index in [2.05, 4.69) is 18.8 Å². The maximum atomic E-state index is 12.9. The molecular formula is C15H23N3O2S. The molecule has 0 aromatic carbocycles. The van der Waals surface area contributed by atoms with Crippen LogP contribution in [0.5, 0.6) is 0 Å². The number of hydrogen-bond donors (Lipinski definition) is 2. The van der Waals surface area contributed by atoms with E-state index in [1.54, 1.807) is 6.20 Å². The summed E-state index contributed by atoms with van der Waals surface area (Å²) in [5.41, 5.74) is 0.595. The van der Waals surface area contributed by atoms with Crippen LogP contribution in [0, 0.1) is 10.2 Å². The lowest BCUT2D eigenvalue weighted by molar-refractivity contribution is 0.0693. The second-order valence-corrected chi connectivity index (χ2v) is 7.50. The summed E-state index contributed by atoms with van der Waals surface area (Å²) in [6.07, 6.45) is 4.97. The molecule has 21 heavy (non-hydrogen) atoms. The summed E-state index contributed by atoms with van der Waals surface area (Å²) >= 11 is 5.30. The molecular weight excluding hydrogens is 286 g/mol. The van der Waals surface area contributed by atoms with E-state index in [0.29, 0.717) is 36.0 Å². The summed E-state index contributed by atoms with van der Waals surface area (Å²) in [7, 11) is 0. The number of hydrogen-bond acceptors (Lipinski definition) is 3. The van der Waals surface area contributed by atoms with Gasteiger partial charge in [0.2, 0.25) is 0 Å². The summed E-state index contributed by atoms with van der Waals surface area (Å²) in [6, 6.07) is 0.383. The van der Waals surface area contributed by atoms with E-state index in [-0.39, 0.29) is 17.4 Å². The number of amides is 1. The van der Waals surface area contributed by atoms with Gasteiger partial charge in [-0.05, 0) is 43.3 Å². The number of nitrogens with zero attached hydrogens (tertiary/aromatic N) is 2. The number of aromatic amines is 1. The zero-order chi connectivity index (χ0) is 15.2. The first kappa shape index (κ1) is 14.8. The predicted octanol–water partition coefficient (Wildman–Crippen LogP) is 2.50. The quantitative estimate of drug-likeness (QED) is 0.825. The van der Waals surface area contributed by atoms with E-state index < -0.39 is 0 Å². The minimum atomic E-state index is -0.325. The molecule has 0 bridgehead atoms. The molecule has 1 saturated heterocycles. The van der Waals surface area contributed by atoms with E-state index in [0.717, 1.165) is 19.3 Å². The molecule has 2 fully saturated rings. The first-order valence-corrected chi connectivity index (χ1v) is 8.05. The highest BCUT2D eigenvalue weighted by Crippen LogP contribution is 2.37. The third kappa shape index (κ3) is 3.06. The lowest BCUT2D eigenvalue weighted by Crippen LogP contribution is -2.38. The van der Waals surface area contributed by atoms with Gasteiger partial charge in [-0.3, -0.25) is 4.79 Å². The van der Waals surface area contributed by atoms with Crippen LogP contribution in [0.25, 0.3) is 0 Å². The van der Waals surface area contributed by atoms with Crippen molar-refractivity contribution < 1.29 is 9.90 Å². The number of aliphatic hydroxyl groups is 1. The average molecular weight is 309 g/mol. The Hall–Kier alpha value is -1.14. The van der Waals surface area contributed by atoms with Gasteiger partial charge in [0.05, 0.1) is 6.10 Å². The fourth-order valence-electron chi connectivity index (χ4n) is 3.28. The lowest BCUT2D eigenvalue weighted by Gasteiger charge is -2.29. The van der Waals surface area contributed by atoms with Gasteiger partial charge in [-0.2, -0.15) is 0 Å². The van der Waals surface area contributed by atoms with Crippen LogP contribution >= 0.6 is 12.2 Å². The molecule has 2 aliphatic rings. The van der Waals surface area contributed by atoms with E-state index in [9.17, 15) is 9.90 Å². The van der Waals surface area contributed by atoms with Crippen molar-refractivity contribution >= 4 is 18.1 Å². The maximum Gasteiger partial charge on any atom is 0.272 e. The second kappa shape index (κ2) is 5.25. The van der Waals surface area contributed by atoms with Crippen molar-refractivity contribution in [3.05, 3.63) is 16.7 Å². The Morgan fingerprint density at radius 3 is 2.81 bits per heavy atom. The molecule has 2 N–H and O–H groups in total. The minimum absolute atomic E-state index is 0.0245. The largest absolute Gasteiger partial charge is 0.393 e. The van der Waals surface area contributed by atoms with Crippen LogP contribution in [0.2, 0.25) is 0 Å². The van der Waals surface area contributed by atoms with E-state index in [1.165, 1.54) is 0 Å². The second-order valence-electron chi connectivity index (χ2n) is 7.12. The Morgan fingerprint density at radius 1 is 1.43 bits per heavy atom. The van der Waals surface area contributed by atoms with E-state index in [1.807, 2.05) is 9.47 Å². The highest BCUT2D eigenvalue weighted by Gasteiger charge is 2.34. The van der Waals surface area contributed by atoms with Crippen molar-refractivity contribution in [3.8, 4) is 0 Å². The summed E-state index contributed by atoms with van der Waals surface area (Å²) < 4.78 is 2.60. The predicted molar refractivity (Wildman–Crippen MR) is 82.8 cm³/mol. The van der Waals surface area contributed by atoms with Crippen LogP contribution < -0.4 is 0 Å². The molecule has 0 spiro atoms. The van der Waals surface area contributed by atoms with E-state index in [4.69, 9.17) is 12.2 Å². The van der Waals surface area contributed by atoms with Crippen molar-refractivity contribution in [2.75, 3.05) is 13.1 Å². The van der Waals surface area contributed by atoms with Gasteiger partial charge >= 0.3 is 0 Å². The summed E-state index contributed by atoms with van der Waals surface area (Å²) in [6.45, 7) is 5.48. The normalized spacial score (nSPS) is 25.7. The first-order chi connectivity index (χ1) is 9.87. The SMILES string of the molecule is CC1(C)CC(O)CCN(C(=O)c2c[nH]c(=S)n2C2CC2)C1. The van der Waals surface area contributed by atoms with Crippen molar-refractivity contribution in [2.45, 2.75) is 51.7 Å². The molecule has 0 radical (unpaired) electrons. The van der Waals surface area contributed by atoms with Gasteiger partial charge in [-0.25, -0.2) is 0 Å². The third-order valence-corrected chi connectivity index (χ3v) is 4.68. The van der Waals surface area contributed by atoms with E-state index >= 15 is 0 Å². The number of H-pyrrole nitrogens is 1. The number of aromatic nitrogens is 2. The van der Waals surface area contributed by atoms with Gasteiger partial charge in [0.1, 0.15) is 5.69 Å². The number of likely N-dealkylation sites (tertiary alicyclic amines) is 1. The summed E-state index contributed by atoms with van der Waals surface area (Å²) in [4.78, 5) is 17.7. The van der Waals surface area contributed by atoms with Gasteiger partial charge < -0.3 is 19.6 Å². The van der Waals surface area contributed by atoms with Gasteiger partial charge in [0.15, 0.2) is 4.77 Å². The fourth-order valence-corrected chi connectivity index (χ4v) is 3.59. The Bertz CT molecular complexity index is 600. The molecule has 1 amide bonds. The first-order valence-electron chi connectivity index (χ1n) is 7.65. The van der Waals surface area contributed by atoms with Crippen LogP contribution in [0.3, 0.4) is 0 Å². The standard InChI is InChI=1S/C15H23N3O2S/c1-15(2)7-11(19)5-6-17(9-15)13(20)12-8-16-14(21)18(12)10-3-4-10/h8,10-11,19H,3-7,9H2,1-2H3,(H,16,21). The monoisotopic (exact) mass is 309 g/mol. The molecule has 116 valence electrons. The smallest absolute Gasteiger partial charge is 0.272 e. The summed E-state index contributed by atoms with van der Waals surface area (Å²) in [5.74, 6) is 0.0245. The van der Waals surface area contributed by atoms with Crippen molar-refractivity contribution in [1.82, 2.24) is 14.5 Å². The van der Waals surface area contributed by atoms with Crippen molar-refractivity contribution in [2.24, 2.45) is 5.41 Å². The number of carbonyl (C=O) groups is 1. The van der Waals surface area contributed by atoms with Crippen LogP contribution in [-0.4, -0.2) is 44.7 Å². The highest BCUT2D eigenvalue weighted by atomic mass is 32.1. The minimum Gasteiger partial charge on any atom is -0.393 e. The zero-order valence-electron chi connectivity index (χ0n) is 12.6. The van der Waals surface area contributed by atoms with Crippen LogP contribution in [0.15, 0.2) is 6.20 Å². The van der Waals surface area contributed by atoms with Gasteiger partial charge in [-0.15, -0.1) is 0 Å². The molecule has 1 unspecified atom stereocenters. The zero-order valence-corrected chi connectivity index (χ0v) is 13.4. The molecule has 6 heteroatoms. The topological polar surface area (TPSA) is 61.3 Å². The molecule has 1 saturated carbocycles. The molecule has 1 aromatic heterocycles. The lowest BCUT2D eigenvalue weighted by atomic mass is 9.87. The molecule has 5 nitrogen and oxygen atoms in total. The molecule has 2 heterocycles. The van der Waals surface area contributed by atoms with Crippen LogP contribution in [-0.2, 0) is 0 Å². The molecule has 1 aliphatic heterocycles. The number of rotatable bonds is 2. The average Bonchev–Trinajstić information content (AvgIpc) is 3.17. The number of carbonyl (C=O) groups excluding carboxylic acids is 1. The summed E-state index contributed by atoms with van der Waals surface area (Å²) in [5, 5.41) is 9.99.